The van der Waals surface area contributed by atoms with E-state index in [-0.39, 0.29) is 29.6 Å². The van der Waals surface area contributed by atoms with Crippen LogP contribution in [-0.2, 0) is 27.5 Å². The number of nitrogens with one attached hydrogen (secondary N) is 2. The average molecular weight is 556 g/mol. The third-order valence-electron chi connectivity index (χ3n) is 8.60. The molecule has 0 aliphatic carbocycles. The van der Waals surface area contributed by atoms with E-state index in [9.17, 15) is 19.5 Å². The van der Waals surface area contributed by atoms with Crippen LogP contribution < -0.4 is 10.6 Å². The summed E-state index contributed by atoms with van der Waals surface area (Å²) < 4.78 is -0.723. The molecule has 2 unspecified atom stereocenters. The fourth-order valence-corrected chi connectivity index (χ4v) is 9.05. The molecular weight excluding hydrogens is 522 g/mol. The molecule has 3 aliphatic rings. The molecule has 3 aromatic carbocycles. The minimum absolute atomic E-state index is 0.0272. The summed E-state index contributed by atoms with van der Waals surface area (Å²) in [5, 5.41) is 16.7. The maximum absolute atomic E-state index is 14.4. The molecule has 0 radical (unpaired) electrons. The van der Waals surface area contributed by atoms with E-state index in [0.717, 1.165) is 23.1 Å². The second kappa shape index (κ2) is 11.1. The van der Waals surface area contributed by atoms with Crippen LogP contribution in [0.25, 0.3) is 0 Å². The lowest BCUT2D eigenvalue weighted by molar-refractivity contribution is -0.143. The van der Waals surface area contributed by atoms with Crippen LogP contribution in [-0.4, -0.2) is 50.4 Å². The molecule has 6 atom stereocenters. The van der Waals surface area contributed by atoms with Gasteiger partial charge in [-0.25, -0.2) is 0 Å². The van der Waals surface area contributed by atoms with Gasteiger partial charge in [-0.15, -0.1) is 11.8 Å². The van der Waals surface area contributed by atoms with Gasteiger partial charge in [0.25, 0.3) is 0 Å². The van der Waals surface area contributed by atoms with Gasteiger partial charge in [0.15, 0.2) is 0 Å². The fraction of sp³-hybridized carbons (Fsp3) is 0.344. The number of aliphatic hydroxyl groups is 1. The molecule has 3 N–H and O–H groups in total. The molecule has 3 amide bonds. The van der Waals surface area contributed by atoms with Crippen molar-refractivity contribution in [1.29, 1.82) is 0 Å². The standard InChI is InChI=1S/C32H33N3O4S/c36-20-24(23-14-8-3-9-15-23)35-28(30(38)34-19-22-12-6-2-7-13-22)32-17-16-25(40-32)26(27(32)31(35)39)29(37)33-18-21-10-4-1-5-11-21/h1-15,24-28,36H,16-20H2,(H,33,37)(H,34,38)/t24-,25+,26-,27+,28?,32?/m1/s1. The molecule has 3 heterocycles. The molecule has 7 nitrogen and oxygen atoms in total. The zero-order valence-electron chi connectivity index (χ0n) is 22.1. The summed E-state index contributed by atoms with van der Waals surface area (Å²) >= 11 is 1.63. The molecule has 0 saturated carbocycles. The Morgan fingerprint density at radius 2 is 1.43 bits per heavy atom. The first kappa shape index (κ1) is 26.6. The Labute approximate surface area is 238 Å². The summed E-state index contributed by atoms with van der Waals surface area (Å²) in [6.07, 6.45) is 1.44. The first-order valence-electron chi connectivity index (χ1n) is 13.8. The summed E-state index contributed by atoms with van der Waals surface area (Å²) in [6.45, 7) is 0.401. The van der Waals surface area contributed by atoms with Crippen molar-refractivity contribution in [3.63, 3.8) is 0 Å². The van der Waals surface area contributed by atoms with Crippen LogP contribution >= 0.6 is 11.8 Å². The molecule has 40 heavy (non-hydrogen) atoms. The first-order valence-corrected chi connectivity index (χ1v) is 14.7. The number of carbonyl (C=O) groups excluding carboxylic acids is 3. The van der Waals surface area contributed by atoms with E-state index in [1.165, 1.54) is 0 Å². The van der Waals surface area contributed by atoms with Crippen LogP contribution in [0.5, 0.6) is 0 Å². The van der Waals surface area contributed by atoms with Crippen molar-refractivity contribution in [2.24, 2.45) is 11.8 Å². The van der Waals surface area contributed by atoms with Crippen molar-refractivity contribution >= 4 is 29.5 Å². The zero-order valence-corrected chi connectivity index (χ0v) is 22.9. The molecule has 6 rings (SSSR count). The van der Waals surface area contributed by atoms with E-state index in [1.807, 2.05) is 91.0 Å². The number of carbonyl (C=O) groups is 3. The van der Waals surface area contributed by atoms with E-state index in [4.69, 9.17) is 0 Å². The quantitative estimate of drug-likeness (QED) is 0.376. The summed E-state index contributed by atoms with van der Waals surface area (Å²) in [5.74, 6) is -1.77. The number of rotatable bonds is 9. The predicted molar refractivity (Wildman–Crippen MR) is 154 cm³/mol. The van der Waals surface area contributed by atoms with Crippen LogP contribution in [0, 0.1) is 11.8 Å². The lowest BCUT2D eigenvalue weighted by Gasteiger charge is -2.37. The largest absolute Gasteiger partial charge is 0.394 e. The Morgan fingerprint density at radius 3 is 2.00 bits per heavy atom. The summed E-state index contributed by atoms with van der Waals surface area (Å²) in [4.78, 5) is 43.6. The average Bonchev–Trinajstić information content (AvgIpc) is 3.64. The number of hydrogen-bond donors (Lipinski definition) is 3. The molecule has 3 fully saturated rings. The van der Waals surface area contributed by atoms with Crippen molar-refractivity contribution in [3.05, 3.63) is 108 Å². The summed E-state index contributed by atoms with van der Waals surface area (Å²) in [5.41, 5.74) is 2.72. The van der Waals surface area contributed by atoms with Crippen molar-refractivity contribution in [3.8, 4) is 0 Å². The van der Waals surface area contributed by atoms with E-state index in [0.29, 0.717) is 19.5 Å². The normalized spacial score (nSPS) is 27.3. The van der Waals surface area contributed by atoms with Crippen LogP contribution in [0.3, 0.4) is 0 Å². The lowest BCUT2D eigenvalue weighted by Crippen LogP contribution is -2.54. The third kappa shape index (κ3) is 4.59. The molecule has 3 aliphatic heterocycles. The van der Waals surface area contributed by atoms with Gasteiger partial charge in [0.1, 0.15) is 6.04 Å². The Kier molecular flexibility index (Phi) is 7.38. The Morgan fingerprint density at radius 1 is 0.875 bits per heavy atom. The van der Waals surface area contributed by atoms with Crippen LogP contribution in [0.1, 0.15) is 35.6 Å². The van der Waals surface area contributed by atoms with Gasteiger partial charge in [0.2, 0.25) is 17.7 Å². The molecule has 8 heteroatoms. The summed E-state index contributed by atoms with van der Waals surface area (Å²) in [6, 6.07) is 27.2. The third-order valence-corrected chi connectivity index (χ3v) is 10.6. The monoisotopic (exact) mass is 555 g/mol. The molecular formula is C32H33N3O4S. The van der Waals surface area contributed by atoms with E-state index in [1.54, 1.807) is 16.7 Å². The molecule has 206 valence electrons. The Balaban J connectivity index is 1.33. The first-order chi connectivity index (χ1) is 19.5. The Bertz CT molecular complexity index is 1370. The fourth-order valence-electron chi connectivity index (χ4n) is 6.84. The van der Waals surface area contributed by atoms with Crippen LogP contribution in [0.4, 0.5) is 0 Å². The molecule has 3 saturated heterocycles. The highest BCUT2D eigenvalue weighted by molar-refractivity contribution is 8.02. The highest BCUT2D eigenvalue weighted by Crippen LogP contribution is 2.67. The molecule has 2 bridgehead atoms. The topological polar surface area (TPSA) is 98.7 Å². The van der Waals surface area contributed by atoms with Crippen molar-refractivity contribution in [2.75, 3.05) is 6.61 Å². The van der Waals surface area contributed by atoms with E-state index >= 15 is 0 Å². The molecule has 3 aromatic rings. The number of benzene rings is 3. The maximum Gasteiger partial charge on any atom is 0.244 e. The molecule has 0 aromatic heterocycles. The SMILES string of the molecule is O=C(NCc1ccccc1)C1N([C@H](CO)c2ccccc2)C(=O)[C@@H]2[C@H](C(=O)NCc3ccccc3)[C@@H]3CCC12S3. The highest BCUT2D eigenvalue weighted by atomic mass is 32.2. The van der Waals surface area contributed by atoms with Gasteiger partial charge in [0.05, 0.1) is 29.2 Å². The number of nitrogens with zero attached hydrogens (tertiary/aromatic N) is 1. The van der Waals surface area contributed by atoms with Gasteiger partial charge >= 0.3 is 0 Å². The van der Waals surface area contributed by atoms with Crippen molar-refractivity contribution in [1.82, 2.24) is 15.5 Å². The number of likely N-dealkylation sites (tertiary alicyclic amines) is 1. The van der Waals surface area contributed by atoms with Gasteiger partial charge in [-0.1, -0.05) is 91.0 Å². The van der Waals surface area contributed by atoms with Gasteiger partial charge in [-0.05, 0) is 29.5 Å². The number of hydrogen-bond acceptors (Lipinski definition) is 5. The van der Waals surface area contributed by atoms with Gasteiger partial charge < -0.3 is 20.6 Å². The second-order valence-corrected chi connectivity index (χ2v) is 12.4. The van der Waals surface area contributed by atoms with Gasteiger partial charge in [-0.3, -0.25) is 14.4 Å². The maximum atomic E-state index is 14.4. The number of aliphatic hydroxyl groups excluding tert-OH is 1. The minimum atomic E-state index is -0.798. The number of fused-ring (bicyclic) bond motifs is 1. The van der Waals surface area contributed by atoms with Crippen LogP contribution in [0.15, 0.2) is 91.0 Å². The summed E-state index contributed by atoms with van der Waals surface area (Å²) in [7, 11) is 0. The van der Waals surface area contributed by atoms with E-state index < -0.39 is 28.7 Å². The highest BCUT2D eigenvalue weighted by Gasteiger charge is 2.74. The Hall–Kier alpha value is -3.62. The number of amides is 3. The van der Waals surface area contributed by atoms with Gasteiger partial charge in [0, 0.05) is 18.3 Å². The minimum Gasteiger partial charge on any atom is -0.394 e. The van der Waals surface area contributed by atoms with Crippen LogP contribution in [0.2, 0.25) is 0 Å². The van der Waals surface area contributed by atoms with E-state index in [2.05, 4.69) is 10.6 Å². The lowest BCUT2D eigenvalue weighted by atomic mass is 9.70. The van der Waals surface area contributed by atoms with Crippen molar-refractivity contribution < 1.29 is 19.5 Å². The van der Waals surface area contributed by atoms with Crippen molar-refractivity contribution in [2.45, 2.75) is 48.0 Å². The zero-order chi connectivity index (χ0) is 27.7. The smallest absolute Gasteiger partial charge is 0.244 e. The van der Waals surface area contributed by atoms with Gasteiger partial charge in [-0.2, -0.15) is 0 Å². The second-order valence-electron chi connectivity index (χ2n) is 10.8. The number of thioether (sulfide) groups is 1. The predicted octanol–water partition coefficient (Wildman–Crippen LogP) is 3.44. The molecule has 1 spiro atoms.